The van der Waals surface area contributed by atoms with Crippen molar-refractivity contribution in [3.05, 3.63) is 64.7 Å². The van der Waals surface area contributed by atoms with Gasteiger partial charge in [-0.1, -0.05) is 42.5 Å². The van der Waals surface area contributed by atoms with E-state index in [9.17, 15) is 5.11 Å². The highest BCUT2D eigenvalue weighted by molar-refractivity contribution is 5.48. The van der Waals surface area contributed by atoms with E-state index in [2.05, 4.69) is 41.3 Å². The van der Waals surface area contributed by atoms with Gasteiger partial charge in [0.15, 0.2) is 0 Å². The molecule has 1 fully saturated rings. The van der Waals surface area contributed by atoms with Gasteiger partial charge in [-0.05, 0) is 43.5 Å². The number of phenolic OH excluding ortho intramolecular Hbond substituents is 1. The quantitative estimate of drug-likeness (QED) is 0.906. The van der Waals surface area contributed by atoms with Gasteiger partial charge in [0, 0.05) is 24.6 Å². The molecule has 2 aromatic rings. The molecule has 1 atom stereocenters. The van der Waals surface area contributed by atoms with Crippen LogP contribution in [-0.4, -0.2) is 42.9 Å². The molecule has 1 heterocycles. The summed E-state index contributed by atoms with van der Waals surface area (Å²) in [6.07, 6.45) is 1.00. The Bertz CT molecular complexity index is 663. The van der Waals surface area contributed by atoms with E-state index in [0.29, 0.717) is 5.75 Å². The topological polar surface area (TPSA) is 32.7 Å². The first kappa shape index (κ1) is 17.0. The Morgan fingerprint density at radius 2 is 1.75 bits per heavy atom. The van der Waals surface area contributed by atoms with E-state index in [1.54, 1.807) is 0 Å². The van der Waals surface area contributed by atoms with Crippen molar-refractivity contribution in [3.8, 4) is 5.75 Å². The van der Waals surface area contributed by atoms with Crippen LogP contribution >= 0.6 is 0 Å². The van der Waals surface area contributed by atoms with E-state index < -0.39 is 0 Å². The summed E-state index contributed by atoms with van der Waals surface area (Å²) in [5.41, 5.74) is 4.43. The van der Waals surface area contributed by atoms with Crippen molar-refractivity contribution in [1.29, 1.82) is 0 Å². The standard InChI is InChI=1S/C21H27NO2/c1-16-8-9-20(21(23)17(16)2)19(18-6-4-3-5-7-18)10-11-22-12-14-24-15-13-22/h3-9,19,23H,10-15H2,1-2H3. The molecule has 1 aliphatic heterocycles. The largest absolute Gasteiger partial charge is 0.507 e. The van der Waals surface area contributed by atoms with Gasteiger partial charge < -0.3 is 9.84 Å². The summed E-state index contributed by atoms with van der Waals surface area (Å²) in [6.45, 7) is 8.72. The number of hydrogen-bond acceptors (Lipinski definition) is 3. The third kappa shape index (κ3) is 3.80. The average Bonchev–Trinajstić information content (AvgIpc) is 2.63. The van der Waals surface area contributed by atoms with Crippen molar-refractivity contribution < 1.29 is 9.84 Å². The van der Waals surface area contributed by atoms with Crippen molar-refractivity contribution in [2.45, 2.75) is 26.2 Å². The average molecular weight is 325 g/mol. The molecule has 0 saturated carbocycles. The molecule has 1 N–H and O–H groups in total. The van der Waals surface area contributed by atoms with Crippen LogP contribution in [0.2, 0.25) is 0 Å². The van der Waals surface area contributed by atoms with Gasteiger partial charge in [-0.3, -0.25) is 4.90 Å². The molecule has 0 aromatic heterocycles. The van der Waals surface area contributed by atoms with Crippen LogP contribution in [0.1, 0.15) is 34.6 Å². The zero-order valence-electron chi connectivity index (χ0n) is 14.7. The van der Waals surface area contributed by atoms with Crippen LogP contribution in [0.15, 0.2) is 42.5 Å². The maximum atomic E-state index is 10.7. The van der Waals surface area contributed by atoms with Gasteiger partial charge in [-0.25, -0.2) is 0 Å². The molecule has 1 aliphatic rings. The molecule has 3 rings (SSSR count). The monoisotopic (exact) mass is 325 g/mol. The Kier molecular flexibility index (Phi) is 5.54. The molecule has 1 unspecified atom stereocenters. The molecule has 3 heteroatoms. The van der Waals surface area contributed by atoms with Crippen molar-refractivity contribution >= 4 is 0 Å². The van der Waals surface area contributed by atoms with Gasteiger partial charge in [-0.15, -0.1) is 0 Å². The van der Waals surface area contributed by atoms with Gasteiger partial charge >= 0.3 is 0 Å². The van der Waals surface area contributed by atoms with Crippen molar-refractivity contribution in [2.75, 3.05) is 32.8 Å². The second kappa shape index (κ2) is 7.82. The smallest absolute Gasteiger partial charge is 0.122 e. The van der Waals surface area contributed by atoms with Gasteiger partial charge in [0.25, 0.3) is 0 Å². The Morgan fingerprint density at radius 1 is 1.04 bits per heavy atom. The lowest BCUT2D eigenvalue weighted by Crippen LogP contribution is -2.37. The number of benzene rings is 2. The fourth-order valence-corrected chi connectivity index (χ4v) is 3.43. The van der Waals surface area contributed by atoms with Gasteiger partial charge in [0.2, 0.25) is 0 Å². The lowest BCUT2D eigenvalue weighted by molar-refractivity contribution is 0.0369. The lowest BCUT2D eigenvalue weighted by atomic mass is 9.86. The van der Waals surface area contributed by atoms with Gasteiger partial charge in [0.1, 0.15) is 5.75 Å². The lowest BCUT2D eigenvalue weighted by Gasteiger charge is -2.29. The predicted octanol–water partition coefficient (Wildman–Crippen LogP) is 3.86. The van der Waals surface area contributed by atoms with Crippen LogP contribution in [-0.2, 0) is 4.74 Å². The molecule has 0 amide bonds. The summed E-state index contributed by atoms with van der Waals surface area (Å²) in [5, 5.41) is 10.7. The van der Waals surface area contributed by atoms with Crippen LogP contribution in [0, 0.1) is 13.8 Å². The van der Waals surface area contributed by atoms with E-state index >= 15 is 0 Å². The molecule has 1 saturated heterocycles. The summed E-state index contributed by atoms with van der Waals surface area (Å²) in [7, 11) is 0. The minimum atomic E-state index is 0.216. The van der Waals surface area contributed by atoms with E-state index in [0.717, 1.165) is 56.0 Å². The summed E-state index contributed by atoms with van der Waals surface area (Å²) >= 11 is 0. The highest BCUT2D eigenvalue weighted by Crippen LogP contribution is 2.36. The van der Waals surface area contributed by atoms with Crippen molar-refractivity contribution in [3.63, 3.8) is 0 Å². The third-order valence-corrected chi connectivity index (χ3v) is 5.15. The summed E-state index contributed by atoms with van der Waals surface area (Å²) in [5.74, 6) is 0.666. The SMILES string of the molecule is Cc1ccc(C(CCN2CCOCC2)c2ccccc2)c(O)c1C. The second-order valence-electron chi connectivity index (χ2n) is 6.65. The van der Waals surface area contributed by atoms with Gasteiger partial charge in [-0.2, -0.15) is 0 Å². The highest BCUT2D eigenvalue weighted by atomic mass is 16.5. The minimum absolute atomic E-state index is 0.216. The predicted molar refractivity (Wildman–Crippen MR) is 97.7 cm³/mol. The zero-order chi connectivity index (χ0) is 16.9. The fraction of sp³-hybridized carbons (Fsp3) is 0.429. The molecular weight excluding hydrogens is 298 g/mol. The van der Waals surface area contributed by atoms with Crippen LogP contribution in [0.3, 0.4) is 0 Å². The molecule has 2 aromatic carbocycles. The maximum absolute atomic E-state index is 10.7. The normalized spacial score (nSPS) is 16.9. The highest BCUT2D eigenvalue weighted by Gasteiger charge is 2.21. The summed E-state index contributed by atoms with van der Waals surface area (Å²) in [6, 6.07) is 14.7. The second-order valence-corrected chi connectivity index (χ2v) is 6.65. The van der Waals surface area contributed by atoms with E-state index in [1.165, 1.54) is 5.56 Å². The molecule has 0 bridgehead atoms. The van der Waals surface area contributed by atoms with Crippen molar-refractivity contribution in [2.24, 2.45) is 0 Å². The summed E-state index contributed by atoms with van der Waals surface area (Å²) < 4.78 is 5.44. The Labute approximate surface area is 144 Å². The van der Waals surface area contributed by atoms with Gasteiger partial charge in [0.05, 0.1) is 13.2 Å². The van der Waals surface area contributed by atoms with Crippen LogP contribution in [0.25, 0.3) is 0 Å². The Hall–Kier alpha value is -1.84. The molecule has 3 nitrogen and oxygen atoms in total. The van der Waals surface area contributed by atoms with Crippen molar-refractivity contribution in [1.82, 2.24) is 4.90 Å². The molecule has 128 valence electrons. The first-order valence-corrected chi connectivity index (χ1v) is 8.81. The number of nitrogens with zero attached hydrogens (tertiary/aromatic N) is 1. The van der Waals surface area contributed by atoms with E-state index in [-0.39, 0.29) is 5.92 Å². The number of ether oxygens (including phenoxy) is 1. The minimum Gasteiger partial charge on any atom is -0.507 e. The zero-order valence-corrected chi connectivity index (χ0v) is 14.7. The Balaban J connectivity index is 1.86. The first-order valence-electron chi connectivity index (χ1n) is 8.81. The molecule has 0 spiro atoms. The maximum Gasteiger partial charge on any atom is 0.122 e. The number of phenols is 1. The van der Waals surface area contributed by atoms with Crippen LogP contribution < -0.4 is 0 Å². The van der Waals surface area contributed by atoms with Crippen LogP contribution in [0.5, 0.6) is 5.75 Å². The molecular formula is C21H27NO2. The molecule has 24 heavy (non-hydrogen) atoms. The Morgan fingerprint density at radius 3 is 2.46 bits per heavy atom. The fourth-order valence-electron chi connectivity index (χ4n) is 3.43. The number of morpholine rings is 1. The number of hydrogen-bond donors (Lipinski definition) is 1. The number of rotatable bonds is 5. The molecule has 0 radical (unpaired) electrons. The number of aryl methyl sites for hydroxylation is 1. The van der Waals surface area contributed by atoms with E-state index in [1.807, 2.05) is 19.9 Å². The van der Waals surface area contributed by atoms with E-state index in [4.69, 9.17) is 4.74 Å². The van der Waals surface area contributed by atoms with Crippen LogP contribution in [0.4, 0.5) is 0 Å². The number of aromatic hydroxyl groups is 1. The first-order chi connectivity index (χ1) is 11.7. The third-order valence-electron chi connectivity index (χ3n) is 5.15. The summed E-state index contributed by atoms with van der Waals surface area (Å²) in [4.78, 5) is 2.46. The molecule has 0 aliphatic carbocycles.